The van der Waals surface area contributed by atoms with Gasteiger partial charge in [0.2, 0.25) is 0 Å². The minimum Gasteiger partial charge on any atom is -0.453 e. The van der Waals surface area contributed by atoms with Crippen molar-refractivity contribution in [2.75, 3.05) is 6.61 Å². The van der Waals surface area contributed by atoms with Crippen molar-refractivity contribution in [2.24, 2.45) is 5.92 Å². The molecule has 0 bridgehead atoms. The van der Waals surface area contributed by atoms with Crippen molar-refractivity contribution in [2.45, 2.75) is 126 Å². The van der Waals surface area contributed by atoms with Crippen molar-refractivity contribution in [1.29, 1.82) is 0 Å². The van der Waals surface area contributed by atoms with Gasteiger partial charge in [-0.1, -0.05) is 251 Å². The molecule has 1 aliphatic carbocycles. The summed E-state index contributed by atoms with van der Waals surface area (Å²) in [4.78, 5) is 14.4. The Hall–Kier alpha value is -6.91. The standard InChI is InChI=1S/C71H76O11Si/c1-71(2,3)83(57-40-24-10-25-41-57,58-42-26-11-27-43-58)80-50-61-62(72)63(73)66(82-70(74)56-38-22-9-23-39-56)60(81-61)44-59-64(75-45-51-28-12-4-13-29-51)67(77-47-53-32-16-6-17-33-53)69(79-49-55-36-20-8-21-37-55)68(78-48-54-34-18-7-19-35-54)65(59)76-46-52-30-14-5-15-31-52/h4-43,59-69,72-73H,44-50H2,1-3H3/t59?,60-,61-,62-,63-,64-,65+,66-,67+,68+,69?/m1/s1. The molecule has 1 saturated heterocycles. The van der Waals surface area contributed by atoms with Gasteiger partial charge in [0.1, 0.15) is 36.6 Å². The number of ether oxygens (including phenoxy) is 7. The van der Waals surface area contributed by atoms with E-state index in [2.05, 4.69) is 45.0 Å². The van der Waals surface area contributed by atoms with E-state index in [9.17, 15) is 15.0 Å². The van der Waals surface area contributed by atoms with Crippen molar-refractivity contribution in [3.63, 3.8) is 0 Å². The third-order valence-electron chi connectivity index (χ3n) is 16.0. The third-order valence-corrected chi connectivity index (χ3v) is 21.0. The van der Waals surface area contributed by atoms with Gasteiger partial charge in [0.25, 0.3) is 8.32 Å². The maximum absolute atomic E-state index is 14.4. The average molecular weight is 1130 g/mol. The zero-order chi connectivity index (χ0) is 57.4. The van der Waals surface area contributed by atoms with E-state index in [0.29, 0.717) is 0 Å². The van der Waals surface area contributed by atoms with Crippen LogP contribution in [0, 0.1) is 5.92 Å². The van der Waals surface area contributed by atoms with Crippen molar-refractivity contribution in [3.8, 4) is 0 Å². The van der Waals surface area contributed by atoms with E-state index in [1.807, 2.05) is 194 Å². The largest absolute Gasteiger partial charge is 0.453 e. The van der Waals surface area contributed by atoms with Gasteiger partial charge in [-0.05, 0) is 61.8 Å². The zero-order valence-corrected chi connectivity index (χ0v) is 48.5. The lowest BCUT2D eigenvalue weighted by atomic mass is 9.73. The van der Waals surface area contributed by atoms with Crippen LogP contribution in [-0.4, -0.2) is 92.1 Å². The van der Waals surface area contributed by atoms with Gasteiger partial charge in [-0.15, -0.1) is 0 Å². The van der Waals surface area contributed by atoms with Gasteiger partial charge >= 0.3 is 5.97 Å². The fourth-order valence-corrected chi connectivity index (χ4v) is 16.4. The van der Waals surface area contributed by atoms with Crippen LogP contribution in [0.5, 0.6) is 0 Å². The minimum atomic E-state index is -3.22. The summed E-state index contributed by atoms with van der Waals surface area (Å²) in [5.74, 6) is -1.37. The normalized spacial score (nSPS) is 23.7. The Bertz CT molecular complexity index is 3020. The monoisotopic (exact) mass is 1130 g/mol. The SMILES string of the molecule is CC(C)(C)[Si](OC[C@H]1O[C@H](CC2[C@@H](OCc3ccccc3)[C@H](OCc3ccccc3)C(OCc3ccccc3)[C@@H](OCc3ccccc3)[C@H]2OCc2ccccc2)[C@@H](OC(=O)c2ccccc2)[C@H](O)[C@@H]1O)(c1ccccc1)c1ccccc1. The summed E-state index contributed by atoms with van der Waals surface area (Å²) in [6.45, 7) is 7.47. The molecule has 11 atom stereocenters. The van der Waals surface area contributed by atoms with Crippen molar-refractivity contribution in [3.05, 3.63) is 276 Å². The number of hydrogen-bond acceptors (Lipinski definition) is 11. The van der Waals surface area contributed by atoms with Crippen LogP contribution in [0.1, 0.15) is 65.4 Å². The number of aliphatic hydroxyl groups is 2. The molecule has 83 heavy (non-hydrogen) atoms. The molecule has 2 aliphatic rings. The predicted octanol–water partition coefficient (Wildman–Crippen LogP) is 11.2. The third kappa shape index (κ3) is 14.7. The zero-order valence-electron chi connectivity index (χ0n) is 47.5. The van der Waals surface area contributed by atoms with Gasteiger partial charge in [-0.25, -0.2) is 4.79 Å². The lowest BCUT2D eigenvalue weighted by molar-refractivity contribution is -0.282. The highest BCUT2D eigenvalue weighted by atomic mass is 28.4. The van der Waals surface area contributed by atoms with Crippen molar-refractivity contribution >= 4 is 24.7 Å². The van der Waals surface area contributed by atoms with E-state index >= 15 is 0 Å². The molecule has 430 valence electrons. The number of rotatable bonds is 24. The quantitative estimate of drug-likeness (QED) is 0.0443. The van der Waals surface area contributed by atoms with E-state index in [1.54, 1.807) is 24.3 Å². The van der Waals surface area contributed by atoms with Gasteiger partial charge in [-0.2, -0.15) is 0 Å². The highest BCUT2D eigenvalue weighted by Crippen LogP contribution is 2.43. The molecule has 1 saturated carbocycles. The summed E-state index contributed by atoms with van der Waals surface area (Å²) in [5.41, 5.74) is 4.99. The van der Waals surface area contributed by atoms with Gasteiger partial charge in [0.05, 0.1) is 63.5 Å². The molecule has 11 nitrogen and oxygen atoms in total. The summed E-state index contributed by atoms with van der Waals surface area (Å²) < 4.78 is 57.6. The first kappa shape index (κ1) is 59.3. The van der Waals surface area contributed by atoms with Gasteiger partial charge in [0.15, 0.2) is 6.10 Å². The molecular formula is C71H76O11Si. The Morgan fingerprint density at radius 2 is 0.723 bits per heavy atom. The summed E-state index contributed by atoms with van der Waals surface area (Å²) in [6.07, 6.45) is -10.7. The lowest BCUT2D eigenvalue weighted by Crippen LogP contribution is -2.69. The number of hydrogen-bond donors (Lipinski definition) is 2. The first-order valence-electron chi connectivity index (χ1n) is 28.9. The topological polar surface area (TPSA) is 131 Å². The molecule has 1 heterocycles. The fraction of sp³-hybridized carbons (Fsp3) is 0.310. The molecule has 8 aromatic rings. The molecule has 2 N–H and O–H groups in total. The Balaban J connectivity index is 1.11. The summed E-state index contributed by atoms with van der Waals surface area (Å²) in [6, 6.07) is 79.1. The Labute approximate surface area is 489 Å². The molecule has 1 aliphatic heterocycles. The number of aliphatic hydroxyl groups excluding tert-OH is 2. The summed E-state index contributed by atoms with van der Waals surface area (Å²) >= 11 is 0. The number of carbonyl (C=O) groups excluding carboxylic acids is 1. The molecule has 12 heteroatoms. The van der Waals surface area contributed by atoms with Crippen molar-refractivity contribution in [1.82, 2.24) is 0 Å². The number of benzene rings is 8. The molecular weight excluding hydrogens is 1060 g/mol. The highest BCUT2D eigenvalue weighted by molar-refractivity contribution is 6.99. The fourth-order valence-electron chi connectivity index (χ4n) is 11.8. The first-order chi connectivity index (χ1) is 40.6. The molecule has 0 amide bonds. The highest BCUT2D eigenvalue weighted by Gasteiger charge is 2.58. The molecule has 8 aromatic carbocycles. The van der Waals surface area contributed by atoms with Crippen LogP contribution in [0.25, 0.3) is 0 Å². The van der Waals surface area contributed by atoms with E-state index in [1.165, 1.54) is 0 Å². The maximum Gasteiger partial charge on any atom is 0.338 e. The van der Waals surface area contributed by atoms with Crippen LogP contribution in [-0.2, 0) is 70.6 Å². The van der Waals surface area contributed by atoms with Gasteiger partial charge < -0.3 is 47.8 Å². The molecule has 0 radical (unpaired) electrons. The second kappa shape index (κ2) is 28.6. The smallest absolute Gasteiger partial charge is 0.338 e. The van der Waals surface area contributed by atoms with Crippen molar-refractivity contribution < 1.29 is 52.6 Å². The second-order valence-electron chi connectivity index (χ2n) is 22.6. The second-order valence-corrected chi connectivity index (χ2v) is 26.9. The Morgan fingerprint density at radius 3 is 1.07 bits per heavy atom. The van der Waals surface area contributed by atoms with Crippen LogP contribution in [0.4, 0.5) is 0 Å². The van der Waals surface area contributed by atoms with Crippen LogP contribution < -0.4 is 10.4 Å². The average Bonchev–Trinajstić information content (AvgIpc) is 2.99. The van der Waals surface area contributed by atoms with E-state index in [0.717, 1.165) is 38.2 Å². The molecule has 2 unspecified atom stereocenters. The minimum absolute atomic E-state index is 0.0624. The molecule has 0 spiro atoms. The summed E-state index contributed by atoms with van der Waals surface area (Å²) in [7, 11) is -3.22. The molecule has 2 fully saturated rings. The van der Waals surface area contributed by atoms with Crippen LogP contribution in [0.15, 0.2) is 243 Å². The first-order valence-corrected chi connectivity index (χ1v) is 30.8. The Morgan fingerprint density at radius 1 is 0.410 bits per heavy atom. The predicted molar refractivity (Wildman–Crippen MR) is 323 cm³/mol. The van der Waals surface area contributed by atoms with Gasteiger partial charge in [-0.3, -0.25) is 0 Å². The Kier molecular flexibility index (Phi) is 20.4. The van der Waals surface area contributed by atoms with E-state index in [-0.39, 0.29) is 51.6 Å². The van der Waals surface area contributed by atoms with Crippen LogP contribution in [0.2, 0.25) is 5.04 Å². The lowest BCUT2D eigenvalue weighted by Gasteiger charge is -2.52. The summed E-state index contributed by atoms with van der Waals surface area (Å²) in [5, 5.41) is 26.9. The van der Waals surface area contributed by atoms with Gasteiger partial charge in [0, 0.05) is 5.92 Å². The maximum atomic E-state index is 14.4. The molecule has 0 aromatic heterocycles. The van der Waals surface area contributed by atoms with E-state index in [4.69, 9.17) is 37.6 Å². The van der Waals surface area contributed by atoms with Crippen LogP contribution >= 0.6 is 0 Å². The number of esters is 1. The van der Waals surface area contributed by atoms with Crippen LogP contribution in [0.3, 0.4) is 0 Å². The number of carbonyl (C=O) groups is 1. The van der Waals surface area contributed by atoms with E-state index < -0.39 is 86.3 Å². The molecule has 10 rings (SSSR count).